The Bertz CT molecular complexity index is 310. The molecule has 6 nitrogen and oxygen atoms in total. The summed E-state index contributed by atoms with van der Waals surface area (Å²) in [5.74, 6) is -0.974. The van der Waals surface area contributed by atoms with Gasteiger partial charge in [0.05, 0.1) is 6.42 Å². The maximum atomic E-state index is 11.8. The number of likely N-dealkylation sites (N-methyl/N-ethyl adjacent to an activating group) is 1. The summed E-state index contributed by atoms with van der Waals surface area (Å²) in [5.41, 5.74) is 2.33. The van der Waals surface area contributed by atoms with E-state index in [1.54, 1.807) is 13.8 Å². The molecule has 0 radical (unpaired) electrons. The lowest BCUT2D eigenvalue weighted by atomic mass is 9.85. The molecule has 6 heteroatoms. The van der Waals surface area contributed by atoms with Gasteiger partial charge in [0, 0.05) is 32.6 Å². The van der Waals surface area contributed by atoms with Gasteiger partial charge in [-0.25, -0.2) is 5.01 Å². The minimum atomic E-state index is -0.868. The van der Waals surface area contributed by atoms with Gasteiger partial charge in [-0.2, -0.15) is 0 Å². The van der Waals surface area contributed by atoms with E-state index >= 15 is 0 Å². The van der Waals surface area contributed by atoms with Gasteiger partial charge in [-0.15, -0.1) is 0 Å². The summed E-state index contributed by atoms with van der Waals surface area (Å²) in [6.45, 7) is 7.07. The maximum absolute atomic E-state index is 11.8. The van der Waals surface area contributed by atoms with Crippen LogP contribution in [-0.4, -0.2) is 60.1 Å². The van der Waals surface area contributed by atoms with Crippen LogP contribution in [0.4, 0.5) is 0 Å². The molecule has 104 valence electrons. The van der Waals surface area contributed by atoms with Crippen LogP contribution in [-0.2, 0) is 9.59 Å². The second kappa shape index (κ2) is 6.15. The fourth-order valence-electron chi connectivity index (χ4n) is 2.04. The van der Waals surface area contributed by atoms with Crippen molar-refractivity contribution in [1.82, 2.24) is 15.3 Å². The van der Waals surface area contributed by atoms with E-state index in [0.29, 0.717) is 0 Å². The fourth-order valence-corrected chi connectivity index (χ4v) is 2.04. The number of amides is 1. The Kier molecular flexibility index (Phi) is 5.10. The Morgan fingerprint density at radius 3 is 2.22 bits per heavy atom. The molecule has 0 aromatic rings. The van der Waals surface area contributed by atoms with Crippen LogP contribution in [0.1, 0.15) is 26.7 Å². The molecule has 0 aromatic heterocycles. The van der Waals surface area contributed by atoms with Gasteiger partial charge in [-0.05, 0) is 12.5 Å². The lowest BCUT2D eigenvalue weighted by Gasteiger charge is -2.33. The Hall–Kier alpha value is -1.14. The molecule has 18 heavy (non-hydrogen) atoms. The third-order valence-electron chi connectivity index (χ3n) is 3.05. The van der Waals surface area contributed by atoms with E-state index in [1.165, 1.54) is 0 Å². The molecular formula is C12H23N3O3. The average molecular weight is 257 g/mol. The first kappa shape index (κ1) is 14.9. The van der Waals surface area contributed by atoms with Gasteiger partial charge >= 0.3 is 5.97 Å². The standard InChI is InChI=1S/C12H23N3O3/c1-12(2,9-11(17)18)8-10(16)13-15-6-4-14(3)5-7-15/h4-9H2,1-3H3,(H,13,16)(H,17,18). The van der Waals surface area contributed by atoms with Gasteiger partial charge in [0.1, 0.15) is 0 Å². The number of aliphatic carboxylic acids is 1. The SMILES string of the molecule is CN1CCN(NC(=O)CC(C)(C)CC(=O)O)CC1. The molecular weight excluding hydrogens is 234 g/mol. The summed E-state index contributed by atoms with van der Waals surface area (Å²) in [6.07, 6.45) is 0.231. The molecule has 0 bridgehead atoms. The van der Waals surface area contributed by atoms with E-state index in [-0.39, 0.29) is 18.7 Å². The number of carboxylic acid groups (broad SMARTS) is 1. The van der Waals surface area contributed by atoms with Crippen molar-refractivity contribution in [1.29, 1.82) is 0 Å². The van der Waals surface area contributed by atoms with Crippen LogP contribution in [0, 0.1) is 5.41 Å². The van der Waals surface area contributed by atoms with E-state index in [1.807, 2.05) is 5.01 Å². The number of hydrazine groups is 1. The number of hydrogen-bond donors (Lipinski definition) is 2. The number of carboxylic acids is 1. The van der Waals surface area contributed by atoms with Crippen LogP contribution in [0.15, 0.2) is 0 Å². The van der Waals surface area contributed by atoms with Crippen molar-refractivity contribution in [2.45, 2.75) is 26.7 Å². The molecule has 0 unspecified atom stereocenters. The second-order valence-electron chi connectivity index (χ2n) is 5.74. The normalized spacial score (nSPS) is 18.6. The first-order valence-corrected chi connectivity index (χ1v) is 6.23. The molecule has 1 rings (SSSR count). The van der Waals surface area contributed by atoms with Crippen LogP contribution < -0.4 is 5.43 Å². The molecule has 0 spiro atoms. The first-order chi connectivity index (χ1) is 8.28. The summed E-state index contributed by atoms with van der Waals surface area (Å²) < 4.78 is 0. The van der Waals surface area contributed by atoms with Crippen LogP contribution in [0.3, 0.4) is 0 Å². The topological polar surface area (TPSA) is 72.9 Å². The molecule has 1 aliphatic rings. The predicted molar refractivity (Wildman–Crippen MR) is 67.9 cm³/mol. The molecule has 0 saturated carbocycles. The third-order valence-corrected chi connectivity index (χ3v) is 3.05. The largest absolute Gasteiger partial charge is 0.481 e. The van der Waals surface area contributed by atoms with Gasteiger partial charge < -0.3 is 10.0 Å². The number of nitrogens with one attached hydrogen (secondary N) is 1. The number of carbonyl (C=O) groups excluding carboxylic acids is 1. The monoisotopic (exact) mass is 257 g/mol. The van der Waals surface area contributed by atoms with E-state index in [4.69, 9.17) is 5.11 Å². The summed E-state index contributed by atoms with van der Waals surface area (Å²) in [5, 5.41) is 10.7. The van der Waals surface area contributed by atoms with Crippen molar-refractivity contribution in [3.63, 3.8) is 0 Å². The highest BCUT2D eigenvalue weighted by molar-refractivity contribution is 5.77. The molecule has 1 aliphatic heterocycles. The first-order valence-electron chi connectivity index (χ1n) is 6.23. The Balaban J connectivity index is 2.35. The number of nitrogens with zero attached hydrogens (tertiary/aromatic N) is 2. The minimum Gasteiger partial charge on any atom is -0.481 e. The lowest BCUT2D eigenvalue weighted by molar-refractivity contribution is -0.140. The number of hydrogen-bond acceptors (Lipinski definition) is 4. The molecule has 1 saturated heterocycles. The van der Waals surface area contributed by atoms with Crippen molar-refractivity contribution < 1.29 is 14.7 Å². The zero-order valence-electron chi connectivity index (χ0n) is 11.4. The Morgan fingerprint density at radius 1 is 1.17 bits per heavy atom. The molecule has 0 aromatic carbocycles. The lowest BCUT2D eigenvalue weighted by Crippen LogP contribution is -2.53. The summed E-state index contributed by atoms with van der Waals surface area (Å²) in [7, 11) is 2.05. The van der Waals surface area contributed by atoms with E-state index in [0.717, 1.165) is 26.2 Å². The zero-order chi connectivity index (χ0) is 13.8. The Labute approximate surface area is 108 Å². The van der Waals surface area contributed by atoms with E-state index < -0.39 is 11.4 Å². The third kappa shape index (κ3) is 5.46. The molecule has 0 atom stereocenters. The maximum Gasteiger partial charge on any atom is 0.303 e. The van der Waals surface area contributed by atoms with Crippen LogP contribution in [0.25, 0.3) is 0 Å². The van der Waals surface area contributed by atoms with Crippen LogP contribution >= 0.6 is 0 Å². The molecule has 0 aliphatic carbocycles. The van der Waals surface area contributed by atoms with Gasteiger partial charge in [0.25, 0.3) is 0 Å². The predicted octanol–water partition coefficient (Wildman–Crippen LogP) is 0.156. The van der Waals surface area contributed by atoms with Crippen molar-refractivity contribution in [3.05, 3.63) is 0 Å². The average Bonchev–Trinajstić information content (AvgIpc) is 2.18. The molecule has 1 heterocycles. The fraction of sp³-hybridized carbons (Fsp3) is 0.833. The van der Waals surface area contributed by atoms with E-state index in [9.17, 15) is 9.59 Å². The highest BCUT2D eigenvalue weighted by Gasteiger charge is 2.26. The Morgan fingerprint density at radius 2 is 1.72 bits per heavy atom. The minimum absolute atomic E-state index is 0.00313. The van der Waals surface area contributed by atoms with Gasteiger partial charge in [0.2, 0.25) is 5.91 Å². The second-order valence-corrected chi connectivity index (χ2v) is 5.74. The number of carbonyl (C=O) groups is 2. The van der Waals surface area contributed by atoms with Crippen molar-refractivity contribution in [2.75, 3.05) is 33.2 Å². The number of rotatable bonds is 5. The van der Waals surface area contributed by atoms with Crippen molar-refractivity contribution in [3.8, 4) is 0 Å². The smallest absolute Gasteiger partial charge is 0.303 e. The van der Waals surface area contributed by atoms with Crippen LogP contribution in [0.2, 0.25) is 0 Å². The zero-order valence-corrected chi connectivity index (χ0v) is 11.4. The van der Waals surface area contributed by atoms with E-state index in [2.05, 4.69) is 17.4 Å². The summed E-state index contributed by atoms with van der Waals surface area (Å²) >= 11 is 0. The van der Waals surface area contributed by atoms with Gasteiger partial charge in [0.15, 0.2) is 0 Å². The summed E-state index contributed by atoms with van der Waals surface area (Å²) in [6, 6.07) is 0. The molecule has 2 N–H and O–H groups in total. The van der Waals surface area contributed by atoms with Gasteiger partial charge in [-0.1, -0.05) is 13.8 Å². The number of piperazine rings is 1. The molecule has 1 amide bonds. The van der Waals surface area contributed by atoms with Crippen molar-refractivity contribution >= 4 is 11.9 Å². The highest BCUT2D eigenvalue weighted by atomic mass is 16.4. The van der Waals surface area contributed by atoms with Crippen molar-refractivity contribution in [2.24, 2.45) is 5.41 Å². The van der Waals surface area contributed by atoms with Gasteiger partial charge in [-0.3, -0.25) is 15.0 Å². The van der Waals surface area contributed by atoms with Crippen LogP contribution in [0.5, 0.6) is 0 Å². The quantitative estimate of drug-likeness (QED) is 0.734. The highest BCUT2D eigenvalue weighted by Crippen LogP contribution is 2.24. The summed E-state index contributed by atoms with van der Waals surface area (Å²) in [4.78, 5) is 24.7. The molecule has 1 fully saturated rings.